The molecule has 3 aromatic rings. The summed E-state index contributed by atoms with van der Waals surface area (Å²) >= 11 is 0. The van der Waals surface area contributed by atoms with Crippen molar-refractivity contribution in [3.63, 3.8) is 0 Å². The Hall–Kier alpha value is -2.67. The third-order valence-electron chi connectivity index (χ3n) is 4.38. The number of anilines is 1. The lowest BCUT2D eigenvalue weighted by Crippen LogP contribution is -2.09. The SMILES string of the molecule is CC(C)n1cc(-c2ccc3c(c2)OCO3)c2ccc(NS(C)(=O)=O)cc21. The first-order valence-corrected chi connectivity index (χ1v) is 10.2. The molecule has 1 N–H and O–H groups in total. The first-order valence-electron chi connectivity index (χ1n) is 8.34. The van der Waals surface area contributed by atoms with E-state index in [0.717, 1.165) is 39.8 Å². The van der Waals surface area contributed by atoms with Crippen molar-refractivity contribution < 1.29 is 17.9 Å². The Labute approximate surface area is 152 Å². The first kappa shape index (κ1) is 16.8. The van der Waals surface area contributed by atoms with Gasteiger partial charge in [-0.1, -0.05) is 12.1 Å². The molecule has 0 bridgehead atoms. The Morgan fingerprint density at radius 1 is 1.08 bits per heavy atom. The third-order valence-corrected chi connectivity index (χ3v) is 4.98. The summed E-state index contributed by atoms with van der Waals surface area (Å²) in [6, 6.07) is 11.7. The molecule has 2 aromatic carbocycles. The van der Waals surface area contributed by atoms with Crippen LogP contribution in [0.1, 0.15) is 19.9 Å². The number of nitrogens with one attached hydrogen (secondary N) is 1. The monoisotopic (exact) mass is 372 g/mol. The average Bonchev–Trinajstić information content (AvgIpc) is 3.16. The molecular weight excluding hydrogens is 352 g/mol. The van der Waals surface area contributed by atoms with Gasteiger partial charge in [-0.05, 0) is 43.7 Å². The summed E-state index contributed by atoms with van der Waals surface area (Å²) in [5.74, 6) is 1.49. The molecular formula is C19H20N2O4S. The Kier molecular flexibility index (Phi) is 3.84. The van der Waals surface area contributed by atoms with Crippen LogP contribution >= 0.6 is 0 Å². The molecule has 0 fully saturated rings. The molecule has 0 spiro atoms. The fourth-order valence-electron chi connectivity index (χ4n) is 3.25. The number of nitrogens with zero attached hydrogens (tertiary/aromatic N) is 1. The molecule has 6 nitrogen and oxygen atoms in total. The van der Waals surface area contributed by atoms with Crippen LogP contribution in [-0.2, 0) is 10.0 Å². The van der Waals surface area contributed by atoms with Crippen molar-refractivity contribution in [3.05, 3.63) is 42.6 Å². The second-order valence-corrected chi connectivity index (χ2v) is 8.47. The maximum atomic E-state index is 11.5. The quantitative estimate of drug-likeness (QED) is 0.752. The number of hydrogen-bond donors (Lipinski definition) is 1. The Bertz CT molecular complexity index is 1100. The maximum absolute atomic E-state index is 11.5. The van der Waals surface area contributed by atoms with E-state index in [1.54, 1.807) is 6.07 Å². The van der Waals surface area contributed by atoms with Crippen LogP contribution in [0.5, 0.6) is 11.5 Å². The van der Waals surface area contributed by atoms with Crippen LogP contribution in [0, 0.1) is 0 Å². The number of rotatable bonds is 4. The van der Waals surface area contributed by atoms with Crippen LogP contribution in [0.3, 0.4) is 0 Å². The molecule has 0 saturated carbocycles. The lowest BCUT2D eigenvalue weighted by Gasteiger charge is -2.10. The van der Waals surface area contributed by atoms with Crippen LogP contribution in [-0.4, -0.2) is 26.0 Å². The predicted octanol–water partition coefficient (Wildman–Crippen LogP) is 3.99. The fourth-order valence-corrected chi connectivity index (χ4v) is 3.81. The van der Waals surface area contributed by atoms with Gasteiger partial charge < -0.3 is 14.0 Å². The largest absolute Gasteiger partial charge is 0.454 e. The molecule has 1 aliphatic heterocycles. The smallest absolute Gasteiger partial charge is 0.231 e. The van der Waals surface area contributed by atoms with Crippen molar-refractivity contribution in [2.24, 2.45) is 0 Å². The minimum absolute atomic E-state index is 0.230. The number of aromatic nitrogens is 1. The van der Waals surface area contributed by atoms with E-state index in [4.69, 9.17) is 9.47 Å². The van der Waals surface area contributed by atoms with Gasteiger partial charge in [0, 0.05) is 23.2 Å². The van der Waals surface area contributed by atoms with E-state index in [0.29, 0.717) is 5.69 Å². The molecule has 0 radical (unpaired) electrons. The molecule has 136 valence electrons. The number of benzene rings is 2. The van der Waals surface area contributed by atoms with Gasteiger partial charge in [0.05, 0.1) is 17.5 Å². The molecule has 0 atom stereocenters. The predicted molar refractivity (Wildman–Crippen MR) is 102 cm³/mol. The molecule has 7 heteroatoms. The summed E-state index contributed by atoms with van der Waals surface area (Å²) < 4.78 is 38.7. The van der Waals surface area contributed by atoms with Crippen molar-refractivity contribution in [1.29, 1.82) is 0 Å². The normalized spacial score (nSPS) is 13.5. The van der Waals surface area contributed by atoms with Gasteiger partial charge in [-0.25, -0.2) is 8.42 Å². The van der Waals surface area contributed by atoms with Crippen LogP contribution in [0.4, 0.5) is 5.69 Å². The second kappa shape index (κ2) is 5.95. The second-order valence-electron chi connectivity index (χ2n) is 6.72. The highest BCUT2D eigenvalue weighted by atomic mass is 32.2. The molecule has 0 aliphatic carbocycles. The highest BCUT2D eigenvalue weighted by Crippen LogP contribution is 2.39. The molecule has 2 heterocycles. The Morgan fingerprint density at radius 3 is 2.58 bits per heavy atom. The van der Waals surface area contributed by atoms with Crippen molar-refractivity contribution in [2.45, 2.75) is 19.9 Å². The van der Waals surface area contributed by atoms with Gasteiger partial charge in [0.15, 0.2) is 11.5 Å². The van der Waals surface area contributed by atoms with Gasteiger partial charge in [-0.3, -0.25) is 4.72 Å². The summed E-state index contributed by atoms with van der Waals surface area (Å²) in [5, 5.41) is 1.05. The molecule has 1 aromatic heterocycles. The van der Waals surface area contributed by atoms with Crippen molar-refractivity contribution >= 4 is 26.6 Å². The summed E-state index contributed by atoms with van der Waals surface area (Å²) in [6.45, 7) is 4.44. The molecule has 26 heavy (non-hydrogen) atoms. The third kappa shape index (κ3) is 2.99. The Balaban J connectivity index is 1.88. The van der Waals surface area contributed by atoms with Crippen LogP contribution in [0.25, 0.3) is 22.0 Å². The first-order chi connectivity index (χ1) is 12.3. The lowest BCUT2D eigenvalue weighted by molar-refractivity contribution is 0.174. The number of hydrogen-bond acceptors (Lipinski definition) is 4. The summed E-state index contributed by atoms with van der Waals surface area (Å²) in [4.78, 5) is 0. The van der Waals surface area contributed by atoms with Crippen LogP contribution < -0.4 is 14.2 Å². The highest BCUT2D eigenvalue weighted by Gasteiger charge is 2.18. The molecule has 4 rings (SSSR count). The van der Waals surface area contributed by atoms with Crippen LogP contribution in [0.15, 0.2) is 42.6 Å². The van der Waals surface area contributed by atoms with Crippen molar-refractivity contribution in [3.8, 4) is 22.6 Å². The van der Waals surface area contributed by atoms with Crippen molar-refractivity contribution in [1.82, 2.24) is 4.57 Å². The zero-order valence-electron chi connectivity index (χ0n) is 14.8. The van der Waals surface area contributed by atoms with E-state index in [9.17, 15) is 8.42 Å². The zero-order chi connectivity index (χ0) is 18.5. The van der Waals surface area contributed by atoms with Gasteiger partial charge >= 0.3 is 0 Å². The van der Waals surface area contributed by atoms with Crippen molar-refractivity contribution in [2.75, 3.05) is 17.8 Å². The fraction of sp³-hybridized carbons (Fsp3) is 0.263. The van der Waals surface area contributed by atoms with E-state index in [-0.39, 0.29) is 12.8 Å². The summed E-state index contributed by atoms with van der Waals surface area (Å²) in [7, 11) is -3.32. The standard InChI is InChI=1S/C19H20N2O4S/c1-12(2)21-10-16(13-4-7-18-19(8-13)25-11-24-18)15-6-5-14(9-17(15)21)20-26(3,22)23/h4-10,12,20H,11H2,1-3H3. The van der Waals surface area contributed by atoms with E-state index in [1.807, 2.05) is 30.3 Å². The van der Waals surface area contributed by atoms with Crippen LogP contribution in [0.2, 0.25) is 0 Å². The highest BCUT2D eigenvalue weighted by molar-refractivity contribution is 7.92. The maximum Gasteiger partial charge on any atom is 0.231 e. The molecule has 1 aliphatic rings. The summed E-state index contributed by atoms with van der Waals surface area (Å²) in [5.41, 5.74) is 3.62. The zero-order valence-corrected chi connectivity index (χ0v) is 15.6. The van der Waals surface area contributed by atoms with E-state index >= 15 is 0 Å². The van der Waals surface area contributed by atoms with E-state index < -0.39 is 10.0 Å². The Morgan fingerprint density at radius 2 is 1.85 bits per heavy atom. The van der Waals surface area contributed by atoms with Gasteiger partial charge in [-0.2, -0.15) is 0 Å². The summed E-state index contributed by atoms with van der Waals surface area (Å²) in [6.07, 6.45) is 3.24. The molecule has 0 saturated heterocycles. The lowest BCUT2D eigenvalue weighted by atomic mass is 10.0. The molecule has 0 amide bonds. The molecule has 0 unspecified atom stereocenters. The van der Waals surface area contributed by atoms with Gasteiger partial charge in [-0.15, -0.1) is 0 Å². The average molecular weight is 372 g/mol. The number of fused-ring (bicyclic) bond motifs is 2. The van der Waals surface area contributed by atoms with E-state index in [1.165, 1.54) is 0 Å². The minimum atomic E-state index is -3.32. The van der Waals surface area contributed by atoms with E-state index in [2.05, 4.69) is 29.3 Å². The topological polar surface area (TPSA) is 69.6 Å². The van der Waals surface area contributed by atoms with Gasteiger partial charge in [0.1, 0.15) is 0 Å². The van der Waals surface area contributed by atoms with Gasteiger partial charge in [0.25, 0.3) is 0 Å². The van der Waals surface area contributed by atoms with Gasteiger partial charge in [0.2, 0.25) is 16.8 Å². The number of ether oxygens (including phenoxy) is 2. The minimum Gasteiger partial charge on any atom is -0.454 e. The number of sulfonamides is 1.